The molecule has 1 aromatic carbocycles. The molecule has 0 atom stereocenters. The first-order valence-corrected chi connectivity index (χ1v) is 5.58. The van der Waals surface area contributed by atoms with Crippen molar-refractivity contribution in [1.29, 1.82) is 0 Å². The molecule has 96 valence electrons. The standard InChI is InChI=1S/C13H16N2O3/c1-7-8(2)12(18-4)9(5-11(7)17-3)10-6-14-13(16)15-10/h5-6H,1-4H3,(H2,14,15,16). The van der Waals surface area contributed by atoms with Crippen molar-refractivity contribution in [2.75, 3.05) is 14.2 Å². The third-order valence-corrected chi connectivity index (χ3v) is 3.10. The van der Waals surface area contributed by atoms with Crippen LogP contribution in [0.4, 0.5) is 0 Å². The van der Waals surface area contributed by atoms with Crippen molar-refractivity contribution in [2.24, 2.45) is 0 Å². The van der Waals surface area contributed by atoms with E-state index < -0.39 is 0 Å². The summed E-state index contributed by atoms with van der Waals surface area (Å²) in [6, 6.07) is 1.86. The Labute approximate surface area is 105 Å². The van der Waals surface area contributed by atoms with Crippen LogP contribution in [0, 0.1) is 13.8 Å². The van der Waals surface area contributed by atoms with Crippen LogP contribution in [-0.4, -0.2) is 24.2 Å². The zero-order chi connectivity index (χ0) is 13.3. The third-order valence-electron chi connectivity index (χ3n) is 3.10. The van der Waals surface area contributed by atoms with Gasteiger partial charge in [-0.2, -0.15) is 0 Å². The molecule has 0 unspecified atom stereocenters. The lowest BCUT2D eigenvalue weighted by Gasteiger charge is -2.15. The maximum atomic E-state index is 11.2. The minimum Gasteiger partial charge on any atom is -0.496 e. The van der Waals surface area contributed by atoms with Crippen molar-refractivity contribution in [3.8, 4) is 22.8 Å². The van der Waals surface area contributed by atoms with Crippen molar-refractivity contribution in [1.82, 2.24) is 9.97 Å². The number of aromatic amines is 2. The highest BCUT2D eigenvalue weighted by atomic mass is 16.5. The second kappa shape index (κ2) is 4.60. The zero-order valence-electron chi connectivity index (χ0n) is 10.9. The Morgan fingerprint density at radius 2 is 1.83 bits per heavy atom. The Kier molecular flexibility index (Phi) is 3.14. The van der Waals surface area contributed by atoms with E-state index in [2.05, 4.69) is 9.97 Å². The summed E-state index contributed by atoms with van der Waals surface area (Å²) in [5.41, 5.74) is 3.25. The molecule has 1 heterocycles. The lowest BCUT2D eigenvalue weighted by atomic mass is 10.0. The van der Waals surface area contributed by atoms with E-state index in [1.54, 1.807) is 20.4 Å². The molecule has 0 bridgehead atoms. The normalized spacial score (nSPS) is 10.4. The molecule has 1 aromatic heterocycles. The zero-order valence-corrected chi connectivity index (χ0v) is 10.9. The molecule has 0 saturated carbocycles. The van der Waals surface area contributed by atoms with Crippen molar-refractivity contribution >= 4 is 0 Å². The fraction of sp³-hybridized carbons (Fsp3) is 0.308. The number of hydrogen-bond donors (Lipinski definition) is 2. The molecular weight excluding hydrogens is 232 g/mol. The molecule has 2 N–H and O–H groups in total. The number of imidazole rings is 1. The van der Waals surface area contributed by atoms with Gasteiger partial charge >= 0.3 is 5.69 Å². The first-order valence-electron chi connectivity index (χ1n) is 5.58. The van der Waals surface area contributed by atoms with Crippen LogP contribution in [0.2, 0.25) is 0 Å². The van der Waals surface area contributed by atoms with Gasteiger partial charge in [-0.1, -0.05) is 0 Å². The Morgan fingerprint density at radius 1 is 1.11 bits per heavy atom. The molecule has 0 radical (unpaired) electrons. The summed E-state index contributed by atoms with van der Waals surface area (Å²) in [6.07, 6.45) is 1.62. The smallest absolute Gasteiger partial charge is 0.323 e. The monoisotopic (exact) mass is 248 g/mol. The third kappa shape index (κ3) is 1.88. The van der Waals surface area contributed by atoms with E-state index in [1.807, 2.05) is 19.9 Å². The first kappa shape index (κ1) is 12.3. The number of H-pyrrole nitrogens is 2. The number of nitrogens with one attached hydrogen (secondary N) is 2. The topological polar surface area (TPSA) is 67.1 Å². The largest absolute Gasteiger partial charge is 0.496 e. The minimum absolute atomic E-state index is 0.246. The van der Waals surface area contributed by atoms with Crippen LogP contribution < -0.4 is 15.2 Å². The van der Waals surface area contributed by atoms with Crippen LogP contribution in [0.25, 0.3) is 11.3 Å². The van der Waals surface area contributed by atoms with E-state index in [4.69, 9.17) is 9.47 Å². The molecule has 0 saturated heterocycles. The Balaban J connectivity index is 2.73. The predicted octanol–water partition coefficient (Wildman–Crippen LogP) is 2.00. The van der Waals surface area contributed by atoms with E-state index in [9.17, 15) is 4.79 Å². The number of ether oxygens (including phenoxy) is 2. The molecule has 0 spiro atoms. The van der Waals surface area contributed by atoms with E-state index >= 15 is 0 Å². The summed E-state index contributed by atoms with van der Waals surface area (Å²) in [5.74, 6) is 1.51. The van der Waals surface area contributed by atoms with Crippen LogP contribution in [0.1, 0.15) is 11.1 Å². The van der Waals surface area contributed by atoms with Gasteiger partial charge in [0.2, 0.25) is 0 Å². The highest BCUT2D eigenvalue weighted by molar-refractivity contribution is 5.72. The lowest BCUT2D eigenvalue weighted by molar-refractivity contribution is 0.399. The molecule has 18 heavy (non-hydrogen) atoms. The molecule has 0 aliphatic carbocycles. The minimum atomic E-state index is -0.246. The predicted molar refractivity (Wildman–Crippen MR) is 69.4 cm³/mol. The molecule has 0 amide bonds. The van der Waals surface area contributed by atoms with Gasteiger partial charge in [0.15, 0.2) is 0 Å². The Bertz CT molecular complexity index is 626. The fourth-order valence-corrected chi connectivity index (χ4v) is 2.01. The average molecular weight is 248 g/mol. The molecule has 0 aliphatic rings. The maximum absolute atomic E-state index is 11.2. The molecular formula is C13H16N2O3. The second-order valence-corrected chi connectivity index (χ2v) is 4.07. The SMILES string of the molecule is COc1cc(-c2c[nH]c(=O)[nH]2)c(OC)c(C)c1C. The highest BCUT2D eigenvalue weighted by Crippen LogP contribution is 2.38. The van der Waals surface area contributed by atoms with Gasteiger partial charge in [0.1, 0.15) is 11.5 Å². The molecule has 2 rings (SSSR count). The van der Waals surface area contributed by atoms with Crippen LogP contribution in [0.5, 0.6) is 11.5 Å². The number of rotatable bonds is 3. The Hall–Kier alpha value is -2.17. The summed E-state index contributed by atoms with van der Waals surface area (Å²) in [7, 11) is 3.24. The number of aromatic nitrogens is 2. The van der Waals surface area contributed by atoms with Crippen molar-refractivity contribution in [3.05, 3.63) is 33.9 Å². The maximum Gasteiger partial charge on any atom is 0.323 e. The van der Waals surface area contributed by atoms with Crippen molar-refractivity contribution < 1.29 is 9.47 Å². The number of benzene rings is 1. The summed E-state index contributed by atoms with van der Waals surface area (Å²) in [4.78, 5) is 16.5. The van der Waals surface area contributed by atoms with Gasteiger partial charge in [-0.3, -0.25) is 0 Å². The fourth-order valence-electron chi connectivity index (χ4n) is 2.01. The first-order chi connectivity index (χ1) is 8.58. The van der Waals surface area contributed by atoms with Crippen LogP contribution in [0.3, 0.4) is 0 Å². The highest BCUT2D eigenvalue weighted by Gasteiger charge is 2.16. The second-order valence-electron chi connectivity index (χ2n) is 4.07. The molecule has 5 nitrogen and oxygen atoms in total. The number of hydrogen-bond acceptors (Lipinski definition) is 3. The summed E-state index contributed by atoms with van der Waals surface area (Å²) < 4.78 is 10.8. The van der Waals surface area contributed by atoms with Gasteiger partial charge in [0.05, 0.1) is 19.9 Å². The molecule has 0 fully saturated rings. The van der Waals surface area contributed by atoms with Crippen LogP contribution >= 0.6 is 0 Å². The van der Waals surface area contributed by atoms with Gasteiger partial charge in [0.25, 0.3) is 0 Å². The molecule has 0 aliphatic heterocycles. The van der Waals surface area contributed by atoms with E-state index in [0.29, 0.717) is 5.69 Å². The average Bonchev–Trinajstić information content (AvgIpc) is 2.79. The van der Waals surface area contributed by atoms with Crippen LogP contribution in [-0.2, 0) is 0 Å². The van der Waals surface area contributed by atoms with E-state index in [-0.39, 0.29) is 5.69 Å². The van der Waals surface area contributed by atoms with Crippen LogP contribution in [0.15, 0.2) is 17.1 Å². The van der Waals surface area contributed by atoms with E-state index in [1.165, 1.54) is 0 Å². The quantitative estimate of drug-likeness (QED) is 0.873. The van der Waals surface area contributed by atoms with Gasteiger partial charge in [-0.05, 0) is 31.0 Å². The molecule has 5 heteroatoms. The summed E-state index contributed by atoms with van der Waals surface area (Å²) in [6.45, 7) is 3.94. The van der Waals surface area contributed by atoms with Gasteiger partial charge < -0.3 is 19.4 Å². The van der Waals surface area contributed by atoms with Crippen molar-refractivity contribution in [2.45, 2.75) is 13.8 Å². The number of methoxy groups -OCH3 is 2. The van der Waals surface area contributed by atoms with Gasteiger partial charge in [-0.15, -0.1) is 0 Å². The van der Waals surface area contributed by atoms with Gasteiger partial charge in [0, 0.05) is 11.8 Å². The lowest BCUT2D eigenvalue weighted by Crippen LogP contribution is -2.01. The summed E-state index contributed by atoms with van der Waals surface area (Å²) >= 11 is 0. The summed E-state index contributed by atoms with van der Waals surface area (Å²) in [5, 5.41) is 0. The van der Waals surface area contributed by atoms with Gasteiger partial charge in [-0.25, -0.2) is 4.79 Å². The molecule has 2 aromatic rings. The Morgan fingerprint density at radius 3 is 2.33 bits per heavy atom. The van der Waals surface area contributed by atoms with E-state index in [0.717, 1.165) is 28.2 Å². The van der Waals surface area contributed by atoms with Crippen molar-refractivity contribution in [3.63, 3.8) is 0 Å².